The van der Waals surface area contributed by atoms with E-state index in [1.165, 1.54) is 5.56 Å². The van der Waals surface area contributed by atoms with E-state index < -0.39 is 0 Å². The molecule has 0 atom stereocenters. The highest BCUT2D eigenvalue weighted by molar-refractivity contribution is 14.1. The second-order valence-electron chi connectivity index (χ2n) is 4.43. The van der Waals surface area contributed by atoms with Crippen LogP contribution in [0.5, 0.6) is 0 Å². The quantitative estimate of drug-likeness (QED) is 0.605. The summed E-state index contributed by atoms with van der Waals surface area (Å²) >= 11 is 2.32. The van der Waals surface area contributed by atoms with Gasteiger partial charge in [0.2, 0.25) is 0 Å². The fraction of sp³-hybridized carbons (Fsp3) is 0.462. The summed E-state index contributed by atoms with van der Waals surface area (Å²) in [6.45, 7) is 3.61. The van der Waals surface area contributed by atoms with E-state index >= 15 is 0 Å². The molecule has 92 valence electrons. The average Bonchev–Trinajstić information content (AvgIpc) is 2.39. The Labute approximate surface area is 116 Å². The first-order valence-electron chi connectivity index (χ1n) is 5.83. The smallest absolute Gasteiger partial charge is 0.253 e. The van der Waals surface area contributed by atoms with Crippen LogP contribution in [0, 0.1) is 0 Å². The first-order chi connectivity index (χ1) is 8.20. The number of nitrogens with zero attached hydrogens (tertiary/aromatic N) is 2. The van der Waals surface area contributed by atoms with Gasteiger partial charge in [-0.25, -0.2) is 0 Å². The van der Waals surface area contributed by atoms with Gasteiger partial charge in [-0.05, 0) is 24.7 Å². The number of amides is 1. The molecule has 1 heterocycles. The van der Waals surface area contributed by atoms with E-state index in [0.717, 1.165) is 36.2 Å². The third kappa shape index (κ3) is 3.19. The molecule has 4 heteroatoms. The number of hydrogen-bond acceptors (Lipinski definition) is 2. The van der Waals surface area contributed by atoms with Crippen molar-refractivity contribution >= 4 is 28.5 Å². The van der Waals surface area contributed by atoms with Crippen molar-refractivity contribution in [1.29, 1.82) is 0 Å². The van der Waals surface area contributed by atoms with Crippen LogP contribution in [0.2, 0.25) is 0 Å². The first kappa shape index (κ1) is 12.8. The molecule has 1 saturated heterocycles. The maximum Gasteiger partial charge on any atom is 0.253 e. The van der Waals surface area contributed by atoms with Gasteiger partial charge in [0, 0.05) is 36.2 Å². The van der Waals surface area contributed by atoms with Crippen molar-refractivity contribution in [2.75, 3.05) is 33.2 Å². The molecule has 1 fully saturated rings. The van der Waals surface area contributed by atoms with Crippen LogP contribution in [0.3, 0.4) is 0 Å². The maximum atomic E-state index is 12.3. The number of benzene rings is 1. The summed E-state index contributed by atoms with van der Waals surface area (Å²) in [7, 11) is 2.10. The number of likely N-dealkylation sites (N-methyl/N-ethyl adjacent to an activating group) is 1. The second kappa shape index (κ2) is 5.82. The number of halogens is 1. The number of carbonyl (C=O) groups excluding carboxylic acids is 1. The van der Waals surface area contributed by atoms with Gasteiger partial charge in [-0.15, -0.1) is 0 Å². The summed E-state index contributed by atoms with van der Waals surface area (Å²) in [5.41, 5.74) is 2.04. The molecule has 0 spiro atoms. The van der Waals surface area contributed by atoms with Gasteiger partial charge in [-0.2, -0.15) is 0 Å². The lowest BCUT2D eigenvalue weighted by Gasteiger charge is -2.32. The minimum absolute atomic E-state index is 0.171. The Morgan fingerprint density at radius 1 is 1.29 bits per heavy atom. The predicted octanol–water partition coefficient (Wildman–Crippen LogP) is 2.01. The highest BCUT2D eigenvalue weighted by Gasteiger charge is 2.20. The topological polar surface area (TPSA) is 23.6 Å². The Kier molecular flexibility index (Phi) is 4.39. The molecule has 0 aromatic heterocycles. The SMILES string of the molecule is CN1CCN(C(=O)c2cccc(CI)c2)CC1. The minimum Gasteiger partial charge on any atom is -0.336 e. The van der Waals surface area contributed by atoms with Gasteiger partial charge in [0.05, 0.1) is 0 Å². The highest BCUT2D eigenvalue weighted by Crippen LogP contribution is 2.12. The molecule has 0 bridgehead atoms. The molecular weight excluding hydrogens is 327 g/mol. The van der Waals surface area contributed by atoms with Crippen LogP contribution < -0.4 is 0 Å². The van der Waals surface area contributed by atoms with Crippen LogP contribution >= 0.6 is 22.6 Å². The molecule has 0 N–H and O–H groups in total. The van der Waals surface area contributed by atoms with Crippen molar-refractivity contribution in [3.05, 3.63) is 35.4 Å². The zero-order valence-corrected chi connectivity index (χ0v) is 12.2. The van der Waals surface area contributed by atoms with E-state index in [2.05, 4.69) is 40.6 Å². The molecular formula is C13H17IN2O. The molecule has 0 aliphatic carbocycles. The minimum atomic E-state index is 0.171. The fourth-order valence-corrected chi connectivity index (χ4v) is 2.45. The molecule has 3 nitrogen and oxygen atoms in total. The Balaban J connectivity index is 2.08. The summed E-state index contributed by atoms with van der Waals surface area (Å²) in [6, 6.07) is 7.95. The van der Waals surface area contributed by atoms with Crippen molar-refractivity contribution in [3.8, 4) is 0 Å². The van der Waals surface area contributed by atoms with Gasteiger partial charge in [0.15, 0.2) is 0 Å². The molecule has 1 aromatic rings. The van der Waals surface area contributed by atoms with Crippen molar-refractivity contribution in [3.63, 3.8) is 0 Å². The van der Waals surface area contributed by atoms with E-state index in [9.17, 15) is 4.79 Å². The zero-order valence-electron chi connectivity index (χ0n) is 10.0. The molecule has 2 rings (SSSR count). The number of piperazine rings is 1. The van der Waals surface area contributed by atoms with E-state index in [1.807, 2.05) is 23.1 Å². The average molecular weight is 344 g/mol. The van der Waals surface area contributed by atoms with E-state index in [0.29, 0.717) is 0 Å². The largest absolute Gasteiger partial charge is 0.336 e. The molecule has 1 amide bonds. The monoisotopic (exact) mass is 344 g/mol. The molecule has 0 saturated carbocycles. The lowest BCUT2D eigenvalue weighted by molar-refractivity contribution is 0.0664. The fourth-order valence-electron chi connectivity index (χ4n) is 1.98. The van der Waals surface area contributed by atoms with Crippen LogP contribution in [0.4, 0.5) is 0 Å². The van der Waals surface area contributed by atoms with Gasteiger partial charge in [-0.1, -0.05) is 34.7 Å². The molecule has 17 heavy (non-hydrogen) atoms. The van der Waals surface area contributed by atoms with Crippen molar-refractivity contribution in [2.24, 2.45) is 0 Å². The van der Waals surface area contributed by atoms with Gasteiger partial charge in [-0.3, -0.25) is 4.79 Å². The van der Waals surface area contributed by atoms with Gasteiger partial charge in [0.1, 0.15) is 0 Å². The standard InChI is InChI=1S/C13H17IN2O/c1-15-5-7-16(8-6-15)13(17)12-4-2-3-11(9-12)10-14/h2-4,9H,5-8,10H2,1H3. The van der Waals surface area contributed by atoms with Crippen LogP contribution in [-0.2, 0) is 4.43 Å². The predicted molar refractivity (Wildman–Crippen MR) is 77.6 cm³/mol. The molecule has 1 aromatic carbocycles. The van der Waals surface area contributed by atoms with E-state index in [1.54, 1.807) is 0 Å². The molecule has 0 radical (unpaired) electrons. The van der Waals surface area contributed by atoms with Crippen LogP contribution in [0.15, 0.2) is 24.3 Å². The summed E-state index contributed by atoms with van der Waals surface area (Å²) in [5, 5.41) is 0. The van der Waals surface area contributed by atoms with Gasteiger partial charge < -0.3 is 9.80 Å². The van der Waals surface area contributed by atoms with Crippen LogP contribution in [0.25, 0.3) is 0 Å². The lowest BCUT2D eigenvalue weighted by atomic mass is 10.1. The van der Waals surface area contributed by atoms with Crippen molar-refractivity contribution in [2.45, 2.75) is 4.43 Å². The van der Waals surface area contributed by atoms with Crippen LogP contribution in [0.1, 0.15) is 15.9 Å². The molecule has 1 aliphatic rings. The van der Waals surface area contributed by atoms with Crippen molar-refractivity contribution < 1.29 is 4.79 Å². The number of alkyl halides is 1. The van der Waals surface area contributed by atoms with E-state index in [4.69, 9.17) is 0 Å². The van der Waals surface area contributed by atoms with Crippen LogP contribution in [-0.4, -0.2) is 48.9 Å². The number of hydrogen-bond donors (Lipinski definition) is 0. The third-order valence-corrected chi connectivity index (χ3v) is 4.00. The Bertz CT molecular complexity index is 400. The molecule has 0 unspecified atom stereocenters. The number of carbonyl (C=O) groups is 1. The molecule has 1 aliphatic heterocycles. The summed E-state index contributed by atoms with van der Waals surface area (Å²) in [4.78, 5) is 16.5. The van der Waals surface area contributed by atoms with E-state index in [-0.39, 0.29) is 5.91 Å². The summed E-state index contributed by atoms with van der Waals surface area (Å²) in [6.07, 6.45) is 0. The zero-order chi connectivity index (χ0) is 12.3. The normalized spacial score (nSPS) is 17.2. The number of rotatable bonds is 2. The summed E-state index contributed by atoms with van der Waals surface area (Å²) < 4.78 is 0.946. The first-order valence-corrected chi connectivity index (χ1v) is 7.36. The maximum absolute atomic E-state index is 12.3. The third-order valence-electron chi connectivity index (χ3n) is 3.12. The Morgan fingerprint density at radius 2 is 2.00 bits per heavy atom. The Hall–Kier alpha value is -0.620. The second-order valence-corrected chi connectivity index (χ2v) is 5.19. The summed E-state index contributed by atoms with van der Waals surface area (Å²) in [5.74, 6) is 0.171. The van der Waals surface area contributed by atoms with Gasteiger partial charge in [0.25, 0.3) is 5.91 Å². The lowest BCUT2D eigenvalue weighted by Crippen LogP contribution is -2.47. The van der Waals surface area contributed by atoms with Crippen molar-refractivity contribution in [1.82, 2.24) is 9.80 Å². The highest BCUT2D eigenvalue weighted by atomic mass is 127. The van der Waals surface area contributed by atoms with Gasteiger partial charge >= 0.3 is 0 Å². The Morgan fingerprint density at radius 3 is 2.65 bits per heavy atom.